The number of pyridine rings is 1. The van der Waals surface area contributed by atoms with Crippen LogP contribution in [0.25, 0.3) is 0 Å². The van der Waals surface area contributed by atoms with Gasteiger partial charge in [-0.25, -0.2) is 9.37 Å². The molecule has 1 aromatic heterocycles. The first-order valence-electron chi connectivity index (χ1n) is 4.82. The number of rotatable bonds is 2. The summed E-state index contributed by atoms with van der Waals surface area (Å²) in [6, 6.07) is 9.12. The minimum atomic E-state index is -0.954. The van der Waals surface area contributed by atoms with Crippen LogP contribution in [0.3, 0.4) is 0 Å². The van der Waals surface area contributed by atoms with Crippen LogP contribution in [0.2, 0.25) is 0 Å². The summed E-state index contributed by atoms with van der Waals surface area (Å²) in [7, 11) is 0. The highest BCUT2D eigenvalue weighted by atomic mass is 19.1. The second-order valence-corrected chi connectivity index (χ2v) is 3.44. The van der Waals surface area contributed by atoms with Crippen molar-refractivity contribution in [2.75, 3.05) is 5.73 Å². The Balaban J connectivity index is 2.39. The van der Waals surface area contributed by atoms with Gasteiger partial charge in [0.2, 0.25) is 0 Å². The predicted molar refractivity (Wildman–Crippen MR) is 59.1 cm³/mol. The highest BCUT2D eigenvalue weighted by molar-refractivity contribution is 5.44. The molecule has 0 radical (unpaired) electrons. The Morgan fingerprint density at radius 2 is 2.06 bits per heavy atom. The van der Waals surface area contributed by atoms with Crippen LogP contribution in [0.4, 0.5) is 10.2 Å². The van der Waals surface area contributed by atoms with Crippen molar-refractivity contribution in [2.24, 2.45) is 0 Å². The lowest BCUT2D eigenvalue weighted by Crippen LogP contribution is -2.05. The Bertz CT molecular complexity index is 502. The molecule has 0 aliphatic carbocycles. The van der Waals surface area contributed by atoms with Crippen molar-refractivity contribution in [3.63, 3.8) is 0 Å². The molecule has 0 saturated carbocycles. The van der Waals surface area contributed by atoms with Gasteiger partial charge in [-0.2, -0.15) is 0 Å². The first-order chi connectivity index (χ1) is 7.68. The molecular formula is C12H11FN2O. The van der Waals surface area contributed by atoms with Crippen molar-refractivity contribution < 1.29 is 9.50 Å². The van der Waals surface area contributed by atoms with Crippen LogP contribution in [0.1, 0.15) is 17.2 Å². The standard InChI is InChI=1S/C12H11FN2O/c13-9-4-1-3-8(7-9)11(16)10-5-2-6-15-12(10)14/h1-7,11,16H,(H2,14,15). The van der Waals surface area contributed by atoms with Crippen LogP contribution < -0.4 is 5.73 Å². The minimum absolute atomic E-state index is 0.249. The maximum Gasteiger partial charge on any atom is 0.129 e. The van der Waals surface area contributed by atoms with E-state index in [0.29, 0.717) is 11.1 Å². The Kier molecular flexibility index (Phi) is 2.83. The van der Waals surface area contributed by atoms with E-state index in [1.165, 1.54) is 18.3 Å². The predicted octanol–water partition coefficient (Wildman–Crippen LogP) is 1.88. The van der Waals surface area contributed by atoms with Crippen LogP contribution >= 0.6 is 0 Å². The van der Waals surface area contributed by atoms with Crippen molar-refractivity contribution in [3.8, 4) is 0 Å². The third-order valence-electron chi connectivity index (χ3n) is 2.33. The summed E-state index contributed by atoms with van der Waals surface area (Å²) in [4.78, 5) is 3.87. The van der Waals surface area contributed by atoms with Gasteiger partial charge in [-0.15, -0.1) is 0 Å². The number of halogens is 1. The first-order valence-corrected chi connectivity index (χ1v) is 4.82. The van der Waals surface area contributed by atoms with Crippen molar-refractivity contribution in [2.45, 2.75) is 6.10 Å². The number of nitrogens with zero attached hydrogens (tertiary/aromatic N) is 1. The zero-order valence-electron chi connectivity index (χ0n) is 8.47. The fourth-order valence-corrected chi connectivity index (χ4v) is 1.52. The molecule has 82 valence electrons. The van der Waals surface area contributed by atoms with Gasteiger partial charge in [0.1, 0.15) is 17.7 Å². The Labute approximate surface area is 92.4 Å². The number of aromatic nitrogens is 1. The fourth-order valence-electron chi connectivity index (χ4n) is 1.52. The summed E-state index contributed by atoms with van der Waals surface area (Å²) >= 11 is 0. The number of aliphatic hydroxyl groups is 1. The molecule has 0 saturated heterocycles. The van der Waals surface area contributed by atoms with Gasteiger partial charge in [0, 0.05) is 11.8 Å². The summed E-state index contributed by atoms with van der Waals surface area (Å²) in [6.07, 6.45) is 0.585. The zero-order valence-corrected chi connectivity index (χ0v) is 8.47. The lowest BCUT2D eigenvalue weighted by molar-refractivity contribution is 0.220. The minimum Gasteiger partial charge on any atom is -0.384 e. The third-order valence-corrected chi connectivity index (χ3v) is 2.33. The molecule has 0 bridgehead atoms. The number of nitrogens with two attached hydrogens (primary N) is 1. The topological polar surface area (TPSA) is 59.1 Å². The van der Waals surface area contributed by atoms with Crippen molar-refractivity contribution in [1.29, 1.82) is 0 Å². The average molecular weight is 218 g/mol. The fraction of sp³-hybridized carbons (Fsp3) is 0.0833. The van der Waals surface area contributed by atoms with E-state index in [9.17, 15) is 9.50 Å². The third kappa shape index (κ3) is 2.01. The Hall–Kier alpha value is -1.94. The number of hydrogen-bond donors (Lipinski definition) is 2. The molecule has 2 rings (SSSR count). The van der Waals surface area contributed by atoms with Gasteiger partial charge >= 0.3 is 0 Å². The molecule has 3 N–H and O–H groups in total. The van der Waals surface area contributed by atoms with E-state index >= 15 is 0 Å². The smallest absolute Gasteiger partial charge is 0.129 e. The second kappa shape index (κ2) is 4.28. The highest BCUT2D eigenvalue weighted by Crippen LogP contribution is 2.25. The maximum absolute atomic E-state index is 13.0. The molecule has 1 unspecified atom stereocenters. The van der Waals surface area contributed by atoms with E-state index < -0.39 is 6.10 Å². The van der Waals surface area contributed by atoms with Gasteiger partial charge in [0.25, 0.3) is 0 Å². The first kappa shape index (κ1) is 10.6. The summed E-state index contributed by atoms with van der Waals surface area (Å²) in [5, 5.41) is 10.0. The summed E-state index contributed by atoms with van der Waals surface area (Å²) in [5.41, 5.74) is 6.57. The maximum atomic E-state index is 13.0. The molecule has 4 heteroatoms. The average Bonchev–Trinajstić information content (AvgIpc) is 2.29. The molecule has 0 aliphatic rings. The largest absolute Gasteiger partial charge is 0.384 e. The number of benzene rings is 1. The molecule has 16 heavy (non-hydrogen) atoms. The van der Waals surface area contributed by atoms with Gasteiger partial charge in [-0.3, -0.25) is 0 Å². The van der Waals surface area contributed by atoms with Gasteiger partial charge < -0.3 is 10.8 Å². The second-order valence-electron chi connectivity index (χ2n) is 3.44. The number of hydrogen-bond acceptors (Lipinski definition) is 3. The monoisotopic (exact) mass is 218 g/mol. The SMILES string of the molecule is Nc1ncccc1C(O)c1cccc(F)c1. The van der Waals surface area contributed by atoms with E-state index in [1.54, 1.807) is 24.3 Å². The van der Waals surface area contributed by atoms with Crippen LogP contribution in [0, 0.1) is 5.82 Å². The summed E-state index contributed by atoms with van der Waals surface area (Å²) < 4.78 is 13.0. The van der Waals surface area contributed by atoms with Gasteiger partial charge in [0.15, 0.2) is 0 Å². The lowest BCUT2D eigenvalue weighted by Gasteiger charge is -2.12. The molecule has 1 atom stereocenters. The highest BCUT2D eigenvalue weighted by Gasteiger charge is 2.13. The molecule has 0 fully saturated rings. The van der Waals surface area contributed by atoms with Gasteiger partial charge in [0.05, 0.1) is 0 Å². The van der Waals surface area contributed by atoms with Gasteiger partial charge in [-0.05, 0) is 23.8 Å². The van der Waals surface area contributed by atoms with Crippen molar-refractivity contribution >= 4 is 5.82 Å². The Morgan fingerprint density at radius 1 is 1.25 bits per heavy atom. The molecule has 3 nitrogen and oxygen atoms in total. The van der Waals surface area contributed by atoms with Crippen LogP contribution in [-0.4, -0.2) is 10.1 Å². The lowest BCUT2D eigenvalue weighted by atomic mass is 10.0. The molecule has 0 aliphatic heterocycles. The molecule has 1 heterocycles. The van der Waals surface area contributed by atoms with E-state index in [1.807, 2.05) is 0 Å². The van der Waals surface area contributed by atoms with Gasteiger partial charge in [-0.1, -0.05) is 18.2 Å². The van der Waals surface area contributed by atoms with Crippen molar-refractivity contribution in [1.82, 2.24) is 4.98 Å². The molecule has 0 amide bonds. The summed E-state index contributed by atoms with van der Waals surface area (Å²) in [5.74, 6) is -0.140. The van der Waals surface area contributed by atoms with E-state index in [2.05, 4.69) is 4.98 Å². The molecule has 0 spiro atoms. The van der Waals surface area contributed by atoms with Crippen molar-refractivity contribution in [3.05, 3.63) is 59.5 Å². The van der Waals surface area contributed by atoms with Crippen LogP contribution in [0.5, 0.6) is 0 Å². The number of nitrogen functional groups attached to an aromatic ring is 1. The number of anilines is 1. The summed E-state index contributed by atoms with van der Waals surface area (Å²) in [6.45, 7) is 0. The van der Waals surface area contributed by atoms with E-state index in [0.717, 1.165) is 0 Å². The molecular weight excluding hydrogens is 207 g/mol. The van der Waals surface area contributed by atoms with Crippen LogP contribution in [-0.2, 0) is 0 Å². The number of aliphatic hydroxyl groups excluding tert-OH is 1. The quantitative estimate of drug-likeness (QED) is 0.809. The molecule has 2 aromatic rings. The van der Waals surface area contributed by atoms with E-state index in [4.69, 9.17) is 5.73 Å². The normalized spacial score (nSPS) is 12.4. The van der Waals surface area contributed by atoms with Crippen LogP contribution in [0.15, 0.2) is 42.6 Å². The zero-order chi connectivity index (χ0) is 11.5. The Morgan fingerprint density at radius 3 is 2.75 bits per heavy atom. The van der Waals surface area contributed by atoms with E-state index in [-0.39, 0.29) is 11.6 Å². The molecule has 1 aromatic carbocycles.